The molecule has 0 aliphatic heterocycles. The maximum absolute atomic E-state index is 5.34. The number of aromatic nitrogens is 3. The van der Waals surface area contributed by atoms with Crippen molar-refractivity contribution in [2.45, 2.75) is 19.7 Å². The van der Waals surface area contributed by atoms with E-state index in [1.807, 2.05) is 7.41 Å². The van der Waals surface area contributed by atoms with Gasteiger partial charge in [-0.1, -0.05) is 19.1 Å². The highest BCUT2D eigenvalue weighted by molar-refractivity contribution is 6.36. The molecule has 0 aromatic carbocycles. The molecule has 0 atom stereocenters. The number of hydrogen-bond acceptors (Lipinski definition) is 2. The van der Waals surface area contributed by atoms with Crippen molar-refractivity contribution >= 4 is 20.9 Å². The van der Waals surface area contributed by atoms with Gasteiger partial charge in [-0.15, -0.1) is 5.10 Å². The molecular weight excluding hydrogens is 124 g/mol. The van der Waals surface area contributed by atoms with Gasteiger partial charge < -0.3 is 4.59 Å². The summed E-state index contributed by atoms with van der Waals surface area (Å²) in [6.45, 7) is 4.13. The average molecular weight is 132 g/mol. The summed E-state index contributed by atoms with van der Waals surface area (Å²) in [5.41, 5.74) is 0.455. The van der Waals surface area contributed by atoms with Gasteiger partial charge in [0.25, 0.3) is 7.41 Å². The third-order valence-electron chi connectivity index (χ3n) is 0.979. The Morgan fingerprint density at radius 2 is 2.40 bits per heavy atom. The molecule has 0 aliphatic rings. The summed E-state index contributed by atoms with van der Waals surface area (Å²) in [6, 6.07) is 0. The molecule has 3 radical (unpaired) electrons. The van der Waals surface area contributed by atoms with Crippen LogP contribution < -0.4 is 5.59 Å². The molecule has 3 nitrogen and oxygen atoms in total. The highest BCUT2D eigenvalue weighted by Gasteiger charge is 2.00. The standard InChI is InChI=1S/C5H8B2N3/c1-4(2)7-10-3-5(6)8-9-10/h3-4H,1-2H3. The first-order valence-corrected chi connectivity index (χ1v) is 3.21. The molecule has 1 aromatic heterocycles. The molecule has 0 N–H and O–H groups in total. The second kappa shape index (κ2) is 2.90. The first-order valence-electron chi connectivity index (χ1n) is 3.21. The molecule has 0 saturated heterocycles. The minimum absolute atomic E-state index is 0.455. The number of nitrogens with zero attached hydrogens (tertiary/aromatic N) is 3. The molecule has 0 fully saturated rings. The van der Waals surface area contributed by atoms with Gasteiger partial charge in [0.15, 0.2) is 0 Å². The van der Waals surface area contributed by atoms with Crippen molar-refractivity contribution in [2.75, 3.05) is 0 Å². The third-order valence-corrected chi connectivity index (χ3v) is 0.979. The normalized spacial score (nSPS) is 10.3. The summed E-state index contributed by atoms with van der Waals surface area (Å²) >= 11 is 0. The fraction of sp³-hybridized carbons (Fsp3) is 0.600. The zero-order valence-corrected chi connectivity index (χ0v) is 6.15. The van der Waals surface area contributed by atoms with Crippen LogP contribution in [0.25, 0.3) is 0 Å². The van der Waals surface area contributed by atoms with Gasteiger partial charge in [-0.05, 0) is 5.82 Å². The Hall–Kier alpha value is -0.730. The van der Waals surface area contributed by atoms with Gasteiger partial charge in [-0.25, -0.2) is 0 Å². The van der Waals surface area contributed by atoms with Gasteiger partial charge in [-0.3, -0.25) is 0 Å². The first-order chi connectivity index (χ1) is 4.68. The van der Waals surface area contributed by atoms with Gasteiger partial charge in [0.2, 0.25) is 0 Å². The maximum atomic E-state index is 5.34. The topological polar surface area (TPSA) is 30.7 Å². The fourth-order valence-electron chi connectivity index (χ4n) is 0.669. The van der Waals surface area contributed by atoms with Crippen LogP contribution in [0, 0.1) is 0 Å². The molecule has 49 valence electrons. The second-order valence-corrected chi connectivity index (χ2v) is 2.52. The van der Waals surface area contributed by atoms with Crippen LogP contribution in [0.2, 0.25) is 5.82 Å². The van der Waals surface area contributed by atoms with Crippen LogP contribution in [-0.4, -0.2) is 30.2 Å². The summed E-state index contributed by atoms with van der Waals surface area (Å²) < 4.78 is 1.62. The molecule has 1 rings (SSSR count). The molecule has 0 unspecified atom stereocenters. The Labute approximate surface area is 62.5 Å². The van der Waals surface area contributed by atoms with Gasteiger partial charge in [0, 0.05) is 11.8 Å². The predicted octanol–water partition coefficient (Wildman–Crippen LogP) is -0.633. The van der Waals surface area contributed by atoms with Crippen molar-refractivity contribution in [2.24, 2.45) is 0 Å². The highest BCUT2D eigenvalue weighted by Crippen LogP contribution is 1.95. The smallest absolute Gasteiger partial charge is 0.284 e. The lowest BCUT2D eigenvalue weighted by atomic mass is 9.79. The van der Waals surface area contributed by atoms with Crippen LogP contribution in [0.15, 0.2) is 6.20 Å². The Bertz CT molecular complexity index is 208. The monoisotopic (exact) mass is 132 g/mol. The Balaban J connectivity index is 2.58. The lowest BCUT2D eigenvalue weighted by molar-refractivity contribution is 0.847. The maximum Gasteiger partial charge on any atom is 0.284 e. The first kappa shape index (κ1) is 7.38. The molecule has 0 aliphatic carbocycles. The Morgan fingerprint density at radius 1 is 1.70 bits per heavy atom. The Morgan fingerprint density at radius 3 is 2.80 bits per heavy atom. The Kier molecular flexibility index (Phi) is 2.14. The average Bonchev–Trinajstić information content (AvgIpc) is 2.13. The quantitative estimate of drug-likeness (QED) is 0.501. The molecule has 0 amide bonds. The minimum Gasteiger partial charge on any atom is -0.304 e. The van der Waals surface area contributed by atoms with Crippen molar-refractivity contribution in [3.63, 3.8) is 0 Å². The summed E-state index contributed by atoms with van der Waals surface area (Å²) in [5.74, 6) is 0.459. The van der Waals surface area contributed by atoms with E-state index in [0.29, 0.717) is 11.4 Å². The lowest BCUT2D eigenvalue weighted by Gasteiger charge is -1.98. The zero-order valence-electron chi connectivity index (χ0n) is 6.15. The highest BCUT2D eigenvalue weighted by atomic mass is 15.4. The van der Waals surface area contributed by atoms with Gasteiger partial charge >= 0.3 is 0 Å². The van der Waals surface area contributed by atoms with Crippen molar-refractivity contribution < 1.29 is 0 Å². The van der Waals surface area contributed by atoms with Crippen LogP contribution in [0.3, 0.4) is 0 Å². The molecule has 10 heavy (non-hydrogen) atoms. The second-order valence-electron chi connectivity index (χ2n) is 2.52. The van der Waals surface area contributed by atoms with Crippen LogP contribution in [-0.2, 0) is 0 Å². The summed E-state index contributed by atoms with van der Waals surface area (Å²) in [7, 11) is 7.27. The molecule has 5 heteroatoms. The van der Waals surface area contributed by atoms with Crippen molar-refractivity contribution in [1.82, 2.24) is 14.9 Å². The molecule has 1 aromatic rings. The van der Waals surface area contributed by atoms with Crippen LogP contribution in [0.5, 0.6) is 0 Å². The minimum atomic E-state index is 0.455. The van der Waals surface area contributed by atoms with E-state index in [9.17, 15) is 0 Å². The molecule has 0 saturated carbocycles. The van der Waals surface area contributed by atoms with E-state index in [2.05, 4.69) is 24.2 Å². The number of rotatable bonds is 2. The van der Waals surface area contributed by atoms with E-state index in [-0.39, 0.29) is 0 Å². The van der Waals surface area contributed by atoms with Gasteiger partial charge in [0.1, 0.15) is 7.85 Å². The summed E-state index contributed by atoms with van der Waals surface area (Å²) in [6.07, 6.45) is 1.68. The fourth-order valence-corrected chi connectivity index (χ4v) is 0.669. The predicted molar refractivity (Wildman–Crippen MR) is 41.7 cm³/mol. The summed E-state index contributed by atoms with van der Waals surface area (Å²) in [5, 5.41) is 7.37. The van der Waals surface area contributed by atoms with Crippen molar-refractivity contribution in [3.05, 3.63) is 6.20 Å². The number of hydrogen-bond donors (Lipinski definition) is 0. The van der Waals surface area contributed by atoms with Gasteiger partial charge in [0.05, 0.1) is 0 Å². The van der Waals surface area contributed by atoms with Crippen LogP contribution in [0.4, 0.5) is 0 Å². The lowest BCUT2D eigenvalue weighted by Crippen LogP contribution is -2.10. The molecule has 0 spiro atoms. The van der Waals surface area contributed by atoms with Crippen LogP contribution >= 0.6 is 0 Å². The molecule has 0 bridgehead atoms. The van der Waals surface area contributed by atoms with Crippen molar-refractivity contribution in [3.8, 4) is 0 Å². The molecular formula is C5H8B2N3. The SMILES string of the molecule is [B]c1cn([B]C(C)C)nn1. The van der Waals surface area contributed by atoms with E-state index in [4.69, 9.17) is 7.85 Å². The van der Waals surface area contributed by atoms with E-state index in [1.165, 1.54) is 0 Å². The van der Waals surface area contributed by atoms with E-state index in [0.717, 1.165) is 0 Å². The van der Waals surface area contributed by atoms with Crippen molar-refractivity contribution in [1.29, 1.82) is 0 Å². The largest absolute Gasteiger partial charge is 0.304 e. The van der Waals surface area contributed by atoms with E-state index >= 15 is 0 Å². The van der Waals surface area contributed by atoms with Crippen LogP contribution in [0.1, 0.15) is 13.8 Å². The summed E-state index contributed by atoms with van der Waals surface area (Å²) in [4.78, 5) is 0. The van der Waals surface area contributed by atoms with E-state index < -0.39 is 0 Å². The third kappa shape index (κ3) is 1.90. The zero-order chi connectivity index (χ0) is 7.56. The van der Waals surface area contributed by atoms with Gasteiger partial charge in [-0.2, -0.15) is 0 Å². The molecule has 1 heterocycles. The van der Waals surface area contributed by atoms with E-state index in [1.54, 1.807) is 10.8 Å².